The summed E-state index contributed by atoms with van der Waals surface area (Å²) in [5.74, 6) is 0.688. The molecule has 0 bridgehead atoms. The SMILES string of the molecule is Cc1nc2cc(Oc3cc(N4CCN(CC5=C(c6ccc(Cl)cc6)CC(C)(C)CC5)CC4)ccc3C(=O)O)ccc2[nH]1. The Morgan fingerprint density at radius 3 is 2.55 bits per heavy atom. The van der Waals surface area contributed by atoms with E-state index in [1.165, 1.54) is 23.1 Å². The largest absolute Gasteiger partial charge is 0.478 e. The number of halogens is 1. The van der Waals surface area contributed by atoms with Gasteiger partial charge in [-0.2, -0.15) is 0 Å². The Balaban J connectivity index is 1.17. The van der Waals surface area contributed by atoms with Gasteiger partial charge in [-0.1, -0.05) is 43.2 Å². The van der Waals surface area contributed by atoms with Crippen molar-refractivity contribution in [2.45, 2.75) is 40.0 Å². The lowest BCUT2D eigenvalue weighted by molar-refractivity contribution is 0.0694. The number of fused-ring (bicyclic) bond motifs is 1. The number of hydrogen-bond acceptors (Lipinski definition) is 5. The highest BCUT2D eigenvalue weighted by molar-refractivity contribution is 6.30. The number of carboxylic acids is 1. The summed E-state index contributed by atoms with van der Waals surface area (Å²) in [7, 11) is 0. The van der Waals surface area contributed by atoms with Gasteiger partial charge in [0.1, 0.15) is 22.9 Å². The van der Waals surface area contributed by atoms with Gasteiger partial charge in [-0.15, -0.1) is 0 Å². The van der Waals surface area contributed by atoms with Crippen molar-refractivity contribution < 1.29 is 14.6 Å². The molecule has 8 heteroatoms. The van der Waals surface area contributed by atoms with Gasteiger partial charge in [0.25, 0.3) is 0 Å². The topological polar surface area (TPSA) is 81.7 Å². The van der Waals surface area contributed by atoms with Gasteiger partial charge in [-0.25, -0.2) is 9.78 Å². The van der Waals surface area contributed by atoms with Gasteiger partial charge in [-0.05, 0) is 79.1 Å². The number of nitrogens with zero attached hydrogens (tertiary/aromatic N) is 3. The molecule has 1 aromatic heterocycles. The number of aromatic nitrogens is 2. The zero-order valence-corrected chi connectivity index (χ0v) is 25.2. The van der Waals surface area contributed by atoms with Crippen molar-refractivity contribution in [2.75, 3.05) is 37.6 Å². The van der Waals surface area contributed by atoms with Crippen molar-refractivity contribution in [1.29, 1.82) is 0 Å². The average molecular weight is 585 g/mol. The number of ether oxygens (including phenoxy) is 1. The van der Waals surface area contributed by atoms with Crippen LogP contribution in [0.25, 0.3) is 16.6 Å². The number of aromatic amines is 1. The van der Waals surface area contributed by atoms with Gasteiger partial charge in [0.2, 0.25) is 0 Å². The van der Waals surface area contributed by atoms with Gasteiger partial charge in [0.15, 0.2) is 0 Å². The van der Waals surface area contributed by atoms with Gasteiger partial charge in [-0.3, -0.25) is 4.90 Å². The molecule has 0 unspecified atom stereocenters. The number of aryl methyl sites for hydroxylation is 1. The minimum absolute atomic E-state index is 0.137. The number of piperazine rings is 1. The molecule has 0 atom stereocenters. The van der Waals surface area contributed by atoms with Crippen LogP contribution >= 0.6 is 11.6 Å². The smallest absolute Gasteiger partial charge is 0.339 e. The molecular weight excluding hydrogens is 548 g/mol. The van der Waals surface area contributed by atoms with E-state index in [0.717, 1.165) is 73.1 Å². The molecule has 6 rings (SSSR count). The van der Waals surface area contributed by atoms with Gasteiger partial charge in [0, 0.05) is 55.6 Å². The molecule has 4 aromatic rings. The molecule has 1 saturated heterocycles. The first kappa shape index (κ1) is 28.3. The molecule has 0 spiro atoms. The Kier molecular flexibility index (Phi) is 7.73. The maximum Gasteiger partial charge on any atom is 0.339 e. The summed E-state index contributed by atoms with van der Waals surface area (Å²) in [6, 6.07) is 19.2. The minimum Gasteiger partial charge on any atom is -0.478 e. The van der Waals surface area contributed by atoms with Crippen molar-refractivity contribution >= 4 is 39.9 Å². The predicted octanol–water partition coefficient (Wildman–Crippen LogP) is 7.80. The van der Waals surface area contributed by atoms with Gasteiger partial charge < -0.3 is 19.7 Å². The third-order valence-corrected chi connectivity index (χ3v) is 8.78. The van der Waals surface area contributed by atoms with E-state index < -0.39 is 5.97 Å². The summed E-state index contributed by atoms with van der Waals surface area (Å²) in [6.45, 7) is 11.2. The normalized spacial score (nSPS) is 17.6. The van der Waals surface area contributed by atoms with E-state index in [1.54, 1.807) is 6.07 Å². The number of nitrogens with one attached hydrogen (secondary N) is 1. The van der Waals surface area contributed by atoms with Crippen LogP contribution in [0.2, 0.25) is 5.02 Å². The number of carboxylic acid groups (broad SMARTS) is 1. The van der Waals surface area contributed by atoms with Crippen LogP contribution < -0.4 is 9.64 Å². The van der Waals surface area contributed by atoms with E-state index in [4.69, 9.17) is 16.3 Å². The van der Waals surface area contributed by atoms with E-state index in [-0.39, 0.29) is 5.56 Å². The Morgan fingerprint density at radius 2 is 1.81 bits per heavy atom. The number of hydrogen-bond donors (Lipinski definition) is 2. The Labute approximate surface area is 251 Å². The Hall–Kier alpha value is -3.81. The molecule has 1 fully saturated rings. The molecule has 3 aromatic carbocycles. The molecular formula is C34H37ClN4O3. The first-order valence-electron chi connectivity index (χ1n) is 14.6. The summed E-state index contributed by atoms with van der Waals surface area (Å²) < 4.78 is 6.13. The number of allylic oxidation sites excluding steroid dienone is 1. The molecule has 0 saturated carbocycles. The minimum atomic E-state index is -1.02. The Bertz CT molecular complexity index is 1650. The number of H-pyrrole nitrogens is 1. The first-order chi connectivity index (χ1) is 20.1. The molecule has 2 N–H and O–H groups in total. The second-order valence-electron chi connectivity index (χ2n) is 12.3. The van der Waals surface area contributed by atoms with Crippen LogP contribution in [0.5, 0.6) is 11.5 Å². The van der Waals surface area contributed by atoms with Crippen molar-refractivity contribution in [1.82, 2.24) is 14.9 Å². The number of benzene rings is 3. The fraction of sp³-hybridized carbons (Fsp3) is 0.353. The average Bonchev–Trinajstić information content (AvgIpc) is 3.34. The van der Waals surface area contributed by atoms with E-state index in [0.29, 0.717) is 16.9 Å². The van der Waals surface area contributed by atoms with Crippen LogP contribution in [0.4, 0.5) is 5.69 Å². The lowest BCUT2D eigenvalue weighted by Crippen LogP contribution is -2.47. The van der Waals surface area contributed by atoms with E-state index in [1.807, 2.05) is 49.4 Å². The molecule has 2 heterocycles. The zero-order valence-electron chi connectivity index (χ0n) is 24.4. The lowest BCUT2D eigenvalue weighted by Gasteiger charge is -2.39. The monoisotopic (exact) mass is 584 g/mol. The highest BCUT2D eigenvalue weighted by Gasteiger charge is 2.29. The lowest BCUT2D eigenvalue weighted by atomic mass is 9.72. The van der Waals surface area contributed by atoms with Crippen molar-refractivity contribution in [3.05, 3.63) is 88.2 Å². The molecule has 7 nitrogen and oxygen atoms in total. The number of anilines is 1. The Morgan fingerprint density at radius 1 is 1.05 bits per heavy atom. The summed E-state index contributed by atoms with van der Waals surface area (Å²) >= 11 is 6.19. The fourth-order valence-electron chi connectivity index (χ4n) is 6.17. The second kappa shape index (κ2) is 11.5. The summed E-state index contributed by atoms with van der Waals surface area (Å²) in [5, 5.41) is 10.6. The number of imidazole rings is 1. The zero-order chi connectivity index (χ0) is 29.4. The first-order valence-corrected chi connectivity index (χ1v) is 15.0. The molecule has 42 heavy (non-hydrogen) atoms. The molecule has 2 aliphatic rings. The molecule has 0 radical (unpaired) electrons. The van der Waals surface area contributed by atoms with Crippen LogP contribution in [0.3, 0.4) is 0 Å². The molecule has 1 aliphatic carbocycles. The predicted molar refractivity (Wildman–Crippen MR) is 169 cm³/mol. The summed E-state index contributed by atoms with van der Waals surface area (Å²) in [4.78, 5) is 24.5. The number of rotatable bonds is 7. The van der Waals surface area contributed by atoms with E-state index >= 15 is 0 Å². The summed E-state index contributed by atoms with van der Waals surface area (Å²) in [6.07, 6.45) is 3.40. The van der Waals surface area contributed by atoms with E-state index in [9.17, 15) is 9.90 Å². The fourth-order valence-corrected chi connectivity index (χ4v) is 6.30. The number of carbonyl (C=O) groups is 1. The third kappa shape index (κ3) is 6.18. The van der Waals surface area contributed by atoms with Crippen molar-refractivity contribution in [3.63, 3.8) is 0 Å². The van der Waals surface area contributed by atoms with Gasteiger partial charge >= 0.3 is 5.97 Å². The standard InChI is InChI=1S/C34H37ClN4O3/c1-22-36-30-11-9-27(19-31(30)37-22)42-32-18-26(8-10-28(32)33(40)41)39-16-14-38(15-17-39)21-24-12-13-34(2,3)20-29(24)23-4-6-25(35)7-5-23/h4-11,18-19H,12-17,20-21H2,1-3H3,(H,36,37)(H,40,41). The van der Waals surface area contributed by atoms with Crippen LogP contribution in [0, 0.1) is 12.3 Å². The molecule has 0 amide bonds. The van der Waals surface area contributed by atoms with Gasteiger partial charge in [0.05, 0.1) is 11.0 Å². The molecule has 218 valence electrons. The van der Waals surface area contributed by atoms with Crippen molar-refractivity contribution in [2.24, 2.45) is 5.41 Å². The van der Waals surface area contributed by atoms with Crippen molar-refractivity contribution in [3.8, 4) is 11.5 Å². The third-order valence-electron chi connectivity index (χ3n) is 8.53. The van der Waals surface area contributed by atoms with Crippen LogP contribution in [0.1, 0.15) is 54.9 Å². The maximum absolute atomic E-state index is 12.0. The van der Waals surface area contributed by atoms with Crippen LogP contribution in [-0.2, 0) is 0 Å². The second-order valence-corrected chi connectivity index (χ2v) is 12.7. The highest BCUT2D eigenvalue weighted by Crippen LogP contribution is 2.43. The quantitative estimate of drug-likeness (QED) is 0.231. The maximum atomic E-state index is 12.0. The number of aromatic carboxylic acids is 1. The summed E-state index contributed by atoms with van der Waals surface area (Å²) in [5.41, 5.74) is 7.39. The van der Waals surface area contributed by atoms with Crippen LogP contribution in [-0.4, -0.2) is 58.7 Å². The van der Waals surface area contributed by atoms with Crippen LogP contribution in [0.15, 0.2) is 66.2 Å². The van der Waals surface area contributed by atoms with E-state index in [2.05, 4.69) is 45.7 Å². The highest BCUT2D eigenvalue weighted by atomic mass is 35.5. The molecule has 1 aliphatic heterocycles.